The highest BCUT2D eigenvalue weighted by atomic mass is 16.8. The summed E-state index contributed by atoms with van der Waals surface area (Å²) in [6.07, 6.45) is 7.40. The fraction of sp³-hybridized carbons (Fsp3) is 0.600. The van der Waals surface area contributed by atoms with Crippen LogP contribution in [0.2, 0.25) is 0 Å². The van der Waals surface area contributed by atoms with Gasteiger partial charge in [-0.3, -0.25) is 9.59 Å². The SMILES string of the molecule is CC(=O)O[C@H]1O[C@@]2(CCC3(C=CCC=C3)O2)C[C@H](O)C1=O. The normalized spacial score (nSPS) is 37.3. The molecule has 21 heavy (non-hydrogen) atoms. The van der Waals surface area contributed by atoms with Gasteiger partial charge in [-0.25, -0.2) is 0 Å². The lowest BCUT2D eigenvalue weighted by molar-refractivity contribution is -0.314. The van der Waals surface area contributed by atoms with E-state index in [9.17, 15) is 14.7 Å². The van der Waals surface area contributed by atoms with Crippen molar-refractivity contribution in [2.24, 2.45) is 0 Å². The second-order valence-electron chi connectivity index (χ2n) is 5.69. The Kier molecular flexibility index (Phi) is 3.47. The van der Waals surface area contributed by atoms with Gasteiger partial charge in [0.1, 0.15) is 11.7 Å². The maximum atomic E-state index is 11.8. The lowest BCUT2D eigenvalue weighted by atomic mass is 9.93. The molecule has 1 N–H and O–H groups in total. The molecular formula is C15H18O6. The smallest absolute Gasteiger partial charge is 0.305 e. The highest BCUT2D eigenvalue weighted by molar-refractivity contribution is 5.88. The second-order valence-corrected chi connectivity index (χ2v) is 5.69. The van der Waals surface area contributed by atoms with Gasteiger partial charge in [0.25, 0.3) is 6.29 Å². The van der Waals surface area contributed by atoms with Crippen molar-refractivity contribution in [3.05, 3.63) is 24.3 Å². The van der Waals surface area contributed by atoms with Crippen LogP contribution in [-0.2, 0) is 23.8 Å². The van der Waals surface area contributed by atoms with Crippen LogP contribution in [0.1, 0.15) is 32.6 Å². The molecule has 0 amide bonds. The predicted octanol–water partition coefficient (Wildman–Crippen LogP) is 0.987. The van der Waals surface area contributed by atoms with Gasteiger partial charge in [-0.1, -0.05) is 24.3 Å². The van der Waals surface area contributed by atoms with Crippen LogP contribution < -0.4 is 0 Å². The maximum absolute atomic E-state index is 11.8. The summed E-state index contributed by atoms with van der Waals surface area (Å²) in [7, 11) is 0. The van der Waals surface area contributed by atoms with Crippen molar-refractivity contribution in [3.8, 4) is 0 Å². The zero-order valence-corrected chi connectivity index (χ0v) is 11.8. The van der Waals surface area contributed by atoms with Crippen molar-refractivity contribution < 1.29 is 28.9 Å². The van der Waals surface area contributed by atoms with E-state index in [0.717, 1.165) is 6.42 Å². The fourth-order valence-electron chi connectivity index (χ4n) is 3.05. The minimum atomic E-state index is -1.40. The number of carbonyl (C=O) groups is 2. The molecule has 6 nitrogen and oxygen atoms in total. The van der Waals surface area contributed by atoms with Crippen LogP contribution in [0.15, 0.2) is 24.3 Å². The van der Waals surface area contributed by atoms with E-state index in [0.29, 0.717) is 12.8 Å². The van der Waals surface area contributed by atoms with E-state index in [1.54, 1.807) is 0 Å². The van der Waals surface area contributed by atoms with Gasteiger partial charge in [-0.05, 0) is 12.8 Å². The molecule has 3 atom stereocenters. The first-order chi connectivity index (χ1) is 9.94. The molecule has 2 spiro atoms. The van der Waals surface area contributed by atoms with Gasteiger partial charge in [0, 0.05) is 19.8 Å². The van der Waals surface area contributed by atoms with Crippen molar-refractivity contribution in [2.45, 2.75) is 56.4 Å². The Bertz CT molecular complexity index is 510. The molecule has 1 aliphatic carbocycles. The standard InChI is InChI=1S/C15H18O6/c1-10(16)19-13-12(18)11(17)9-15(20-13)8-7-14(21-15)5-3-2-4-6-14/h3-6,11,13,17H,2,7-9H2,1H3/t11-,13-,15+/m0/s1. The van der Waals surface area contributed by atoms with Crippen LogP contribution in [0.5, 0.6) is 0 Å². The molecule has 3 rings (SSSR count). The van der Waals surface area contributed by atoms with Crippen molar-refractivity contribution >= 4 is 11.8 Å². The lowest BCUT2D eigenvalue weighted by Crippen LogP contribution is -2.54. The molecule has 0 bridgehead atoms. The molecule has 2 saturated heterocycles. The van der Waals surface area contributed by atoms with Crippen LogP contribution in [0, 0.1) is 0 Å². The van der Waals surface area contributed by atoms with Gasteiger partial charge in [-0.2, -0.15) is 0 Å². The number of carbonyl (C=O) groups excluding carboxylic acids is 2. The van der Waals surface area contributed by atoms with Crippen LogP contribution >= 0.6 is 0 Å². The monoisotopic (exact) mass is 294 g/mol. The Balaban J connectivity index is 1.80. The number of hydrogen-bond donors (Lipinski definition) is 1. The van der Waals surface area contributed by atoms with Gasteiger partial charge in [0.05, 0.1) is 0 Å². The van der Waals surface area contributed by atoms with E-state index in [-0.39, 0.29) is 6.42 Å². The van der Waals surface area contributed by atoms with Gasteiger partial charge in [-0.15, -0.1) is 0 Å². The zero-order valence-electron chi connectivity index (χ0n) is 11.8. The van der Waals surface area contributed by atoms with Crippen LogP contribution in [0.3, 0.4) is 0 Å². The molecule has 0 aromatic rings. The van der Waals surface area contributed by atoms with Crippen molar-refractivity contribution in [3.63, 3.8) is 0 Å². The zero-order chi connectivity index (χ0) is 15.1. The number of Topliss-reactive ketones (excluding diaryl/α,β-unsaturated/α-hetero) is 1. The third kappa shape index (κ3) is 2.66. The Labute approximate surface area is 122 Å². The molecule has 0 aromatic heterocycles. The van der Waals surface area contributed by atoms with E-state index < -0.39 is 35.5 Å². The molecule has 6 heteroatoms. The summed E-state index contributed by atoms with van der Waals surface area (Å²) in [6, 6.07) is 0. The predicted molar refractivity (Wildman–Crippen MR) is 70.9 cm³/mol. The minimum absolute atomic E-state index is 0.0486. The molecular weight excluding hydrogens is 276 g/mol. The van der Waals surface area contributed by atoms with Gasteiger partial charge >= 0.3 is 5.97 Å². The van der Waals surface area contributed by atoms with Crippen molar-refractivity contribution in [1.29, 1.82) is 0 Å². The van der Waals surface area contributed by atoms with E-state index in [1.807, 2.05) is 24.3 Å². The molecule has 0 radical (unpaired) electrons. The largest absolute Gasteiger partial charge is 0.428 e. The van der Waals surface area contributed by atoms with E-state index in [1.165, 1.54) is 6.92 Å². The Morgan fingerprint density at radius 2 is 2.10 bits per heavy atom. The third-order valence-electron chi connectivity index (χ3n) is 4.00. The number of esters is 1. The number of ketones is 1. The number of allylic oxidation sites excluding steroid dienone is 2. The molecule has 2 aliphatic heterocycles. The summed E-state index contributed by atoms with van der Waals surface area (Å²) in [5.41, 5.74) is -0.556. The van der Waals surface area contributed by atoms with E-state index in [2.05, 4.69) is 0 Å². The summed E-state index contributed by atoms with van der Waals surface area (Å²) in [5, 5.41) is 9.94. The quantitative estimate of drug-likeness (QED) is 0.573. The number of aliphatic hydroxyl groups excluding tert-OH is 1. The molecule has 2 heterocycles. The highest BCUT2D eigenvalue weighted by Crippen LogP contribution is 2.46. The number of rotatable bonds is 1. The van der Waals surface area contributed by atoms with E-state index >= 15 is 0 Å². The summed E-state index contributed by atoms with van der Waals surface area (Å²) < 4.78 is 16.5. The Morgan fingerprint density at radius 1 is 1.38 bits per heavy atom. The highest BCUT2D eigenvalue weighted by Gasteiger charge is 2.55. The molecule has 0 aromatic carbocycles. The second kappa shape index (κ2) is 5.05. The first-order valence-corrected chi connectivity index (χ1v) is 7.06. The van der Waals surface area contributed by atoms with Gasteiger partial charge in [0.2, 0.25) is 5.78 Å². The topological polar surface area (TPSA) is 82.1 Å². The van der Waals surface area contributed by atoms with Crippen LogP contribution in [-0.4, -0.2) is 40.6 Å². The average molecular weight is 294 g/mol. The van der Waals surface area contributed by atoms with Crippen LogP contribution in [0.25, 0.3) is 0 Å². The Morgan fingerprint density at radius 3 is 2.76 bits per heavy atom. The summed E-state index contributed by atoms with van der Waals surface area (Å²) in [4.78, 5) is 22.9. The summed E-state index contributed by atoms with van der Waals surface area (Å²) in [6.45, 7) is 1.19. The fourth-order valence-corrected chi connectivity index (χ4v) is 3.05. The van der Waals surface area contributed by atoms with Gasteiger partial charge in [0.15, 0.2) is 5.79 Å². The van der Waals surface area contributed by atoms with Gasteiger partial charge < -0.3 is 19.3 Å². The first-order valence-electron chi connectivity index (χ1n) is 7.06. The third-order valence-corrected chi connectivity index (χ3v) is 4.00. The number of aliphatic hydroxyl groups is 1. The molecule has 0 saturated carbocycles. The summed E-state index contributed by atoms with van der Waals surface area (Å²) in [5.74, 6) is -2.38. The Hall–Kier alpha value is -1.50. The van der Waals surface area contributed by atoms with Crippen molar-refractivity contribution in [2.75, 3.05) is 0 Å². The molecule has 2 fully saturated rings. The molecule has 3 aliphatic rings. The summed E-state index contributed by atoms with van der Waals surface area (Å²) >= 11 is 0. The molecule has 114 valence electrons. The van der Waals surface area contributed by atoms with Crippen molar-refractivity contribution in [1.82, 2.24) is 0 Å². The average Bonchev–Trinajstić information content (AvgIpc) is 2.74. The van der Waals surface area contributed by atoms with Crippen LogP contribution in [0.4, 0.5) is 0 Å². The number of ether oxygens (including phenoxy) is 3. The number of hydrogen-bond acceptors (Lipinski definition) is 6. The molecule has 0 unspecified atom stereocenters. The first kappa shape index (κ1) is 14.4. The maximum Gasteiger partial charge on any atom is 0.305 e. The lowest BCUT2D eigenvalue weighted by Gasteiger charge is -2.40. The van der Waals surface area contributed by atoms with E-state index in [4.69, 9.17) is 14.2 Å². The minimum Gasteiger partial charge on any atom is -0.428 e.